The molecule has 1 saturated carbocycles. The van der Waals surface area contributed by atoms with Crippen molar-refractivity contribution in [3.8, 4) is 0 Å². The third-order valence-corrected chi connectivity index (χ3v) is 3.90. The van der Waals surface area contributed by atoms with Gasteiger partial charge in [0, 0.05) is 10.9 Å². The van der Waals surface area contributed by atoms with Gasteiger partial charge in [0.25, 0.3) is 0 Å². The molecule has 0 spiro atoms. The van der Waals surface area contributed by atoms with Crippen LogP contribution in [0.5, 0.6) is 0 Å². The number of hydrogen-bond acceptors (Lipinski definition) is 2. The van der Waals surface area contributed by atoms with E-state index in [1.165, 1.54) is 31.4 Å². The number of furan rings is 1. The topological polar surface area (TPSA) is 39.2 Å². The molecule has 1 aliphatic rings. The lowest BCUT2D eigenvalue weighted by Gasteiger charge is -2.30. The highest BCUT2D eigenvalue weighted by Crippen LogP contribution is 2.39. The summed E-state index contributed by atoms with van der Waals surface area (Å²) in [5.74, 6) is 1.12. The maximum absolute atomic E-state index is 13.2. The van der Waals surface area contributed by atoms with Gasteiger partial charge < -0.3 is 10.2 Å². The summed E-state index contributed by atoms with van der Waals surface area (Å²) in [6.45, 7) is 1.96. The normalized spacial score (nSPS) is 18.3. The fourth-order valence-electron chi connectivity index (χ4n) is 2.54. The molecule has 2 aromatic rings. The van der Waals surface area contributed by atoms with Crippen molar-refractivity contribution < 1.29 is 8.81 Å². The van der Waals surface area contributed by atoms with Crippen LogP contribution in [0.4, 0.5) is 4.39 Å². The van der Waals surface area contributed by atoms with Crippen LogP contribution in [0.15, 0.2) is 22.6 Å². The van der Waals surface area contributed by atoms with E-state index < -0.39 is 0 Å². The average Bonchev–Trinajstić information content (AvgIpc) is 2.54. The zero-order valence-electron chi connectivity index (χ0n) is 9.87. The van der Waals surface area contributed by atoms with E-state index in [0.29, 0.717) is 5.92 Å². The lowest BCUT2D eigenvalue weighted by Crippen LogP contribution is -2.26. The lowest BCUT2D eigenvalue weighted by atomic mass is 9.78. The Balaban J connectivity index is 2.07. The Morgan fingerprint density at radius 2 is 2.18 bits per heavy atom. The molecule has 0 saturated heterocycles. The largest absolute Gasteiger partial charge is 0.459 e. The van der Waals surface area contributed by atoms with Gasteiger partial charge in [-0.15, -0.1) is 0 Å². The Hall–Kier alpha value is -1.35. The summed E-state index contributed by atoms with van der Waals surface area (Å²) >= 11 is 0. The molecule has 1 unspecified atom stereocenters. The lowest BCUT2D eigenvalue weighted by molar-refractivity contribution is 0.243. The molecule has 3 rings (SSSR count). The second-order valence-electron chi connectivity index (χ2n) is 4.95. The van der Waals surface area contributed by atoms with Gasteiger partial charge in [0.1, 0.15) is 17.2 Å². The number of halogens is 1. The van der Waals surface area contributed by atoms with Crippen molar-refractivity contribution in [2.24, 2.45) is 11.7 Å². The van der Waals surface area contributed by atoms with Crippen LogP contribution >= 0.6 is 0 Å². The van der Waals surface area contributed by atoms with Crippen molar-refractivity contribution in [3.05, 3.63) is 35.3 Å². The van der Waals surface area contributed by atoms with Crippen LogP contribution in [0.3, 0.4) is 0 Å². The van der Waals surface area contributed by atoms with Gasteiger partial charge in [0.05, 0.1) is 6.04 Å². The third kappa shape index (κ3) is 1.65. The molecule has 0 radical (unpaired) electrons. The van der Waals surface area contributed by atoms with E-state index in [1.54, 1.807) is 6.07 Å². The van der Waals surface area contributed by atoms with E-state index in [-0.39, 0.29) is 11.9 Å². The van der Waals surface area contributed by atoms with Gasteiger partial charge in [-0.2, -0.15) is 0 Å². The minimum atomic E-state index is -0.231. The average molecular weight is 233 g/mol. The summed E-state index contributed by atoms with van der Waals surface area (Å²) in [7, 11) is 0. The molecule has 1 atom stereocenters. The molecule has 1 aliphatic carbocycles. The Morgan fingerprint density at radius 1 is 1.41 bits per heavy atom. The molecule has 2 N–H and O–H groups in total. The Morgan fingerprint density at radius 3 is 2.82 bits per heavy atom. The minimum absolute atomic E-state index is 0.0424. The smallest absolute Gasteiger partial charge is 0.134 e. The van der Waals surface area contributed by atoms with Crippen LogP contribution in [0, 0.1) is 18.7 Å². The van der Waals surface area contributed by atoms with Gasteiger partial charge in [0.2, 0.25) is 0 Å². The number of aryl methyl sites for hydroxylation is 1. The van der Waals surface area contributed by atoms with Crippen molar-refractivity contribution in [1.29, 1.82) is 0 Å². The standard InChI is InChI=1S/C14H16FNO/c1-8-11-7-10(15)5-6-12(11)17-14(8)13(16)9-3-2-4-9/h5-7,9,13H,2-4,16H2,1H3. The summed E-state index contributed by atoms with van der Waals surface area (Å²) < 4.78 is 19.0. The quantitative estimate of drug-likeness (QED) is 0.859. The van der Waals surface area contributed by atoms with Gasteiger partial charge in [0.15, 0.2) is 0 Å². The molecule has 1 aromatic heterocycles. The second kappa shape index (κ2) is 3.84. The number of benzene rings is 1. The van der Waals surface area contributed by atoms with Crippen LogP contribution in [0.25, 0.3) is 11.0 Å². The Labute approximate surface area is 99.6 Å². The van der Waals surface area contributed by atoms with Crippen LogP contribution in [-0.4, -0.2) is 0 Å². The van der Waals surface area contributed by atoms with E-state index in [1.807, 2.05) is 6.92 Å². The predicted molar refractivity (Wildman–Crippen MR) is 65.2 cm³/mol. The van der Waals surface area contributed by atoms with Crippen molar-refractivity contribution in [2.45, 2.75) is 32.2 Å². The first kappa shape index (κ1) is 10.8. The van der Waals surface area contributed by atoms with E-state index in [2.05, 4.69) is 0 Å². The first-order valence-corrected chi connectivity index (χ1v) is 6.11. The molecular weight excluding hydrogens is 217 g/mol. The van der Waals surface area contributed by atoms with Crippen LogP contribution < -0.4 is 5.73 Å². The zero-order chi connectivity index (χ0) is 12.0. The number of fused-ring (bicyclic) bond motifs is 1. The van der Waals surface area contributed by atoms with Gasteiger partial charge in [-0.05, 0) is 43.9 Å². The zero-order valence-corrected chi connectivity index (χ0v) is 9.87. The van der Waals surface area contributed by atoms with Gasteiger partial charge in [-0.25, -0.2) is 4.39 Å². The van der Waals surface area contributed by atoms with E-state index in [9.17, 15) is 4.39 Å². The van der Waals surface area contributed by atoms with Crippen LogP contribution in [-0.2, 0) is 0 Å². The first-order valence-electron chi connectivity index (χ1n) is 6.11. The highest BCUT2D eigenvalue weighted by molar-refractivity contribution is 5.82. The second-order valence-corrected chi connectivity index (χ2v) is 4.95. The molecule has 0 amide bonds. The van der Waals surface area contributed by atoms with E-state index in [4.69, 9.17) is 10.2 Å². The number of nitrogens with two attached hydrogens (primary N) is 1. The van der Waals surface area contributed by atoms with E-state index in [0.717, 1.165) is 22.3 Å². The number of rotatable bonds is 2. The fourth-order valence-corrected chi connectivity index (χ4v) is 2.54. The van der Waals surface area contributed by atoms with Crippen LogP contribution in [0.1, 0.15) is 36.6 Å². The third-order valence-electron chi connectivity index (χ3n) is 3.90. The maximum Gasteiger partial charge on any atom is 0.134 e. The van der Waals surface area contributed by atoms with Crippen molar-refractivity contribution in [1.82, 2.24) is 0 Å². The summed E-state index contributed by atoms with van der Waals surface area (Å²) in [5, 5.41) is 0.842. The summed E-state index contributed by atoms with van der Waals surface area (Å²) in [6, 6.07) is 4.57. The summed E-state index contributed by atoms with van der Waals surface area (Å²) in [5.41, 5.74) is 7.93. The molecule has 2 nitrogen and oxygen atoms in total. The predicted octanol–water partition coefficient (Wildman–Crippen LogP) is 3.68. The molecule has 17 heavy (non-hydrogen) atoms. The molecule has 90 valence electrons. The van der Waals surface area contributed by atoms with E-state index >= 15 is 0 Å². The monoisotopic (exact) mass is 233 g/mol. The van der Waals surface area contributed by atoms with Gasteiger partial charge in [-0.3, -0.25) is 0 Å². The highest BCUT2D eigenvalue weighted by Gasteiger charge is 2.29. The van der Waals surface area contributed by atoms with Crippen molar-refractivity contribution in [2.75, 3.05) is 0 Å². The molecule has 1 fully saturated rings. The maximum atomic E-state index is 13.2. The molecule has 0 bridgehead atoms. The number of hydrogen-bond donors (Lipinski definition) is 1. The van der Waals surface area contributed by atoms with Gasteiger partial charge in [-0.1, -0.05) is 6.42 Å². The SMILES string of the molecule is Cc1c(C(N)C2CCC2)oc2ccc(F)cc12. The molecule has 0 aliphatic heterocycles. The fraction of sp³-hybridized carbons (Fsp3) is 0.429. The van der Waals surface area contributed by atoms with Crippen molar-refractivity contribution >= 4 is 11.0 Å². The molecular formula is C14H16FNO. The van der Waals surface area contributed by atoms with Gasteiger partial charge >= 0.3 is 0 Å². The Bertz CT molecular complexity index is 557. The minimum Gasteiger partial charge on any atom is -0.459 e. The Kier molecular flexibility index (Phi) is 2.44. The van der Waals surface area contributed by atoms with Crippen molar-refractivity contribution in [3.63, 3.8) is 0 Å². The molecule has 1 heterocycles. The molecule has 3 heteroatoms. The highest BCUT2D eigenvalue weighted by atomic mass is 19.1. The first-order chi connectivity index (χ1) is 8.16. The van der Waals surface area contributed by atoms with Crippen LogP contribution in [0.2, 0.25) is 0 Å². The molecule has 1 aromatic carbocycles. The summed E-state index contributed by atoms with van der Waals surface area (Å²) in [4.78, 5) is 0. The summed E-state index contributed by atoms with van der Waals surface area (Å²) in [6.07, 6.45) is 3.60.